The van der Waals surface area contributed by atoms with Crippen molar-refractivity contribution in [3.63, 3.8) is 0 Å². The molecule has 8 heteroatoms. The Labute approximate surface area is 75.3 Å². The summed E-state index contributed by atoms with van der Waals surface area (Å²) in [5, 5.41) is 9.22. The average molecular weight is 212 g/mol. The van der Waals surface area contributed by atoms with Gasteiger partial charge < -0.3 is 15.5 Å². The van der Waals surface area contributed by atoms with Crippen LogP contribution in [-0.4, -0.2) is 45.2 Å². The summed E-state index contributed by atoms with van der Waals surface area (Å²) in [6.07, 6.45) is -0.325. The fourth-order valence-electron chi connectivity index (χ4n) is 0.657. The number of carbonyl (C=O) groups is 1. The van der Waals surface area contributed by atoms with Gasteiger partial charge in [-0.3, -0.25) is 14.6 Å². The lowest BCUT2D eigenvalue weighted by atomic mass is 10.4. The lowest BCUT2D eigenvalue weighted by Crippen LogP contribution is -2.34. The molecule has 0 aliphatic heterocycles. The van der Waals surface area contributed by atoms with Crippen molar-refractivity contribution in [3.8, 4) is 0 Å². The number of nitrogens with two attached hydrogens (primary N) is 1. The molecule has 0 atom stereocenters. The van der Waals surface area contributed by atoms with E-state index in [-0.39, 0.29) is 25.7 Å². The molecule has 0 spiro atoms. The lowest BCUT2D eigenvalue weighted by molar-refractivity contribution is -0.163. The van der Waals surface area contributed by atoms with Crippen molar-refractivity contribution in [2.24, 2.45) is 5.73 Å². The van der Waals surface area contributed by atoms with E-state index >= 15 is 0 Å². The van der Waals surface area contributed by atoms with Crippen LogP contribution in [0.2, 0.25) is 0 Å². The van der Waals surface area contributed by atoms with Crippen LogP contribution in [0.25, 0.3) is 0 Å². The second kappa shape index (κ2) is 5.31. The van der Waals surface area contributed by atoms with Crippen LogP contribution in [0.15, 0.2) is 0 Å². The van der Waals surface area contributed by atoms with Gasteiger partial charge in [0.05, 0.1) is 12.7 Å². The highest BCUT2D eigenvalue weighted by atomic mass is 31.2. The zero-order chi connectivity index (χ0) is 10.5. The molecule has 0 aliphatic carbocycles. The summed E-state index contributed by atoms with van der Waals surface area (Å²) in [5.74, 6) is -0.675. The van der Waals surface area contributed by atoms with Crippen LogP contribution in [0.3, 0.4) is 0 Å². The minimum absolute atomic E-state index is 0.0342. The third-order valence-electron chi connectivity index (χ3n) is 1.28. The van der Waals surface area contributed by atoms with E-state index in [4.69, 9.17) is 20.7 Å². The number of hydrogen-bond acceptors (Lipinski definition) is 4. The van der Waals surface area contributed by atoms with Crippen LogP contribution in [0.5, 0.6) is 0 Å². The summed E-state index contributed by atoms with van der Waals surface area (Å²) in [7, 11) is -4.04. The standard InChI is InChI=1S/C5H13N2O5P/c6-4-5(8)7(9)2-1-3-13(10,11)12/h9H,1-4,6H2,(H2,10,11,12). The minimum Gasteiger partial charge on any atom is -0.324 e. The van der Waals surface area contributed by atoms with Gasteiger partial charge in [0.1, 0.15) is 0 Å². The Morgan fingerprint density at radius 2 is 2.00 bits per heavy atom. The lowest BCUT2D eigenvalue weighted by Gasteiger charge is -2.13. The second-order valence-electron chi connectivity index (χ2n) is 2.46. The van der Waals surface area contributed by atoms with Crippen LogP contribution in [-0.2, 0) is 9.36 Å². The van der Waals surface area contributed by atoms with E-state index in [0.29, 0.717) is 5.06 Å². The molecule has 13 heavy (non-hydrogen) atoms. The Hall–Kier alpha value is -0.460. The van der Waals surface area contributed by atoms with Crippen LogP contribution in [0, 0.1) is 0 Å². The molecule has 0 fully saturated rings. The van der Waals surface area contributed by atoms with E-state index in [1.165, 1.54) is 0 Å². The molecule has 7 nitrogen and oxygen atoms in total. The summed E-state index contributed by atoms with van der Waals surface area (Å²) in [6.45, 7) is -0.451. The van der Waals surface area contributed by atoms with Gasteiger partial charge in [-0.15, -0.1) is 0 Å². The van der Waals surface area contributed by atoms with Crippen molar-refractivity contribution in [3.05, 3.63) is 0 Å². The maximum Gasteiger partial charge on any atom is 0.325 e. The van der Waals surface area contributed by atoms with E-state index in [1.807, 2.05) is 0 Å². The Morgan fingerprint density at radius 1 is 1.46 bits per heavy atom. The zero-order valence-corrected chi connectivity index (χ0v) is 7.85. The van der Waals surface area contributed by atoms with Crippen LogP contribution < -0.4 is 5.73 Å². The molecule has 0 aromatic heterocycles. The summed E-state index contributed by atoms with van der Waals surface area (Å²) in [5.41, 5.74) is 4.93. The van der Waals surface area contributed by atoms with Gasteiger partial charge >= 0.3 is 7.60 Å². The molecule has 0 saturated heterocycles. The first-order valence-electron chi connectivity index (χ1n) is 3.60. The Bertz CT molecular complexity index is 215. The Morgan fingerprint density at radius 3 is 2.38 bits per heavy atom. The van der Waals surface area contributed by atoms with E-state index in [2.05, 4.69) is 0 Å². The normalized spacial score (nSPS) is 11.4. The smallest absolute Gasteiger partial charge is 0.324 e. The van der Waals surface area contributed by atoms with Crippen molar-refractivity contribution in [2.45, 2.75) is 6.42 Å². The van der Waals surface area contributed by atoms with Crippen LogP contribution in [0.4, 0.5) is 0 Å². The second-order valence-corrected chi connectivity index (χ2v) is 4.24. The molecule has 0 heterocycles. The first-order valence-corrected chi connectivity index (χ1v) is 5.40. The molecular weight excluding hydrogens is 199 g/mol. The van der Waals surface area contributed by atoms with Crippen molar-refractivity contribution in [1.29, 1.82) is 0 Å². The summed E-state index contributed by atoms with van der Waals surface area (Å²) in [4.78, 5) is 27.5. The molecule has 0 unspecified atom stereocenters. The molecular formula is C5H13N2O5P. The van der Waals surface area contributed by atoms with E-state index < -0.39 is 13.5 Å². The van der Waals surface area contributed by atoms with Crippen molar-refractivity contribution in [1.82, 2.24) is 5.06 Å². The number of hydrogen-bond donors (Lipinski definition) is 4. The first kappa shape index (κ1) is 12.5. The Balaban J connectivity index is 3.66. The third-order valence-corrected chi connectivity index (χ3v) is 2.18. The van der Waals surface area contributed by atoms with E-state index in [0.717, 1.165) is 0 Å². The van der Waals surface area contributed by atoms with Gasteiger partial charge in [0.25, 0.3) is 5.91 Å². The molecule has 0 aromatic carbocycles. The van der Waals surface area contributed by atoms with Gasteiger partial charge in [-0.05, 0) is 6.42 Å². The van der Waals surface area contributed by atoms with Gasteiger partial charge in [0.15, 0.2) is 0 Å². The number of amides is 1. The highest BCUT2D eigenvalue weighted by Crippen LogP contribution is 2.34. The summed E-state index contributed by atoms with van der Waals surface area (Å²) in [6, 6.07) is 0. The largest absolute Gasteiger partial charge is 0.325 e. The maximum absolute atomic E-state index is 10.6. The zero-order valence-electron chi connectivity index (χ0n) is 6.96. The highest BCUT2D eigenvalue weighted by molar-refractivity contribution is 7.51. The average Bonchev–Trinajstić information content (AvgIpc) is 2.00. The molecule has 5 N–H and O–H groups in total. The number of carbonyl (C=O) groups excluding carboxylic acids is 1. The number of rotatable bonds is 5. The number of nitrogens with zero attached hydrogens (tertiary/aromatic N) is 1. The van der Waals surface area contributed by atoms with E-state index in [1.54, 1.807) is 0 Å². The molecule has 78 valence electrons. The predicted octanol–water partition coefficient (Wildman–Crippen LogP) is -1.27. The minimum atomic E-state index is -4.04. The van der Waals surface area contributed by atoms with Gasteiger partial charge in [0.2, 0.25) is 0 Å². The van der Waals surface area contributed by atoms with E-state index in [9.17, 15) is 9.36 Å². The third kappa shape index (κ3) is 6.68. The van der Waals surface area contributed by atoms with Gasteiger partial charge in [0, 0.05) is 6.54 Å². The van der Waals surface area contributed by atoms with Crippen LogP contribution >= 0.6 is 7.60 Å². The molecule has 0 aliphatic rings. The highest BCUT2D eigenvalue weighted by Gasteiger charge is 2.14. The summed E-state index contributed by atoms with van der Waals surface area (Å²) < 4.78 is 10.3. The molecule has 0 bridgehead atoms. The fourth-order valence-corrected chi connectivity index (χ4v) is 1.21. The topological polar surface area (TPSA) is 124 Å². The van der Waals surface area contributed by atoms with Gasteiger partial charge in [-0.25, -0.2) is 5.06 Å². The van der Waals surface area contributed by atoms with Crippen molar-refractivity contribution >= 4 is 13.5 Å². The number of hydroxylamine groups is 2. The fraction of sp³-hybridized carbons (Fsp3) is 0.800. The molecule has 0 rings (SSSR count). The van der Waals surface area contributed by atoms with Crippen LogP contribution in [0.1, 0.15) is 6.42 Å². The molecule has 0 radical (unpaired) electrons. The molecule has 1 amide bonds. The summed E-state index contributed by atoms with van der Waals surface area (Å²) >= 11 is 0. The van der Waals surface area contributed by atoms with Crippen molar-refractivity contribution in [2.75, 3.05) is 19.3 Å². The molecule has 0 aromatic rings. The van der Waals surface area contributed by atoms with Gasteiger partial charge in [-0.1, -0.05) is 0 Å². The quantitative estimate of drug-likeness (QED) is 0.256. The predicted molar refractivity (Wildman–Crippen MR) is 44.1 cm³/mol. The van der Waals surface area contributed by atoms with Crippen molar-refractivity contribution < 1.29 is 24.4 Å². The molecule has 0 saturated carbocycles. The monoisotopic (exact) mass is 212 g/mol. The Kier molecular flexibility index (Phi) is 5.12. The SMILES string of the molecule is NCC(=O)N(O)CCCP(=O)(O)O. The van der Waals surface area contributed by atoms with Gasteiger partial charge in [-0.2, -0.15) is 0 Å². The maximum atomic E-state index is 10.6. The first-order chi connectivity index (χ1) is 5.87.